The zero-order valence-electron chi connectivity index (χ0n) is 6.27. The number of hydrogen-bond acceptors (Lipinski definition) is 2. The first-order valence-electron chi connectivity index (χ1n) is 3.94. The lowest BCUT2D eigenvalue weighted by Gasteiger charge is -1.96. The maximum atomic E-state index is 7.41. The van der Waals surface area contributed by atoms with Crippen LogP contribution in [0.1, 0.15) is 32.1 Å². The zero-order valence-corrected chi connectivity index (χ0v) is 6.27. The van der Waals surface area contributed by atoms with Crippen LogP contribution in [0.25, 0.3) is 0 Å². The van der Waals surface area contributed by atoms with Gasteiger partial charge in [-0.2, -0.15) is 0 Å². The van der Waals surface area contributed by atoms with E-state index in [-0.39, 0.29) is 0 Å². The largest absolute Gasteiger partial charge is 0.308 e. The van der Waals surface area contributed by atoms with Gasteiger partial charge in [0.15, 0.2) is 0 Å². The molecule has 56 valence electrons. The fourth-order valence-corrected chi connectivity index (χ4v) is 1.10. The summed E-state index contributed by atoms with van der Waals surface area (Å²) in [6.07, 6.45) is 7.71. The second kappa shape index (κ2) is 4.20. The molecule has 0 amide bonds. The molecule has 0 aliphatic carbocycles. The SMILES string of the molecule is N=C1CCCCCC=NC1. The van der Waals surface area contributed by atoms with Crippen LogP contribution < -0.4 is 0 Å². The van der Waals surface area contributed by atoms with E-state index < -0.39 is 0 Å². The molecule has 0 radical (unpaired) electrons. The van der Waals surface area contributed by atoms with E-state index in [2.05, 4.69) is 4.99 Å². The second-order valence-corrected chi connectivity index (χ2v) is 2.73. The highest BCUT2D eigenvalue weighted by molar-refractivity contribution is 5.84. The third-order valence-corrected chi connectivity index (χ3v) is 1.72. The molecule has 10 heavy (non-hydrogen) atoms. The predicted octanol–water partition coefficient (Wildman–Crippen LogP) is 2.04. The van der Waals surface area contributed by atoms with Crippen LogP contribution in [0, 0.1) is 5.41 Å². The van der Waals surface area contributed by atoms with Crippen LogP contribution in [0.15, 0.2) is 4.99 Å². The van der Waals surface area contributed by atoms with E-state index in [1.165, 1.54) is 19.3 Å². The summed E-state index contributed by atoms with van der Waals surface area (Å²) in [5, 5.41) is 7.41. The van der Waals surface area contributed by atoms with Crippen molar-refractivity contribution in [1.29, 1.82) is 5.41 Å². The number of nitrogens with zero attached hydrogens (tertiary/aromatic N) is 1. The van der Waals surface area contributed by atoms with Gasteiger partial charge in [0.2, 0.25) is 0 Å². The van der Waals surface area contributed by atoms with Gasteiger partial charge in [-0.1, -0.05) is 6.42 Å². The molecule has 0 bridgehead atoms. The molecule has 0 unspecified atom stereocenters. The number of hydrogen-bond donors (Lipinski definition) is 1. The van der Waals surface area contributed by atoms with Crippen molar-refractivity contribution in [2.45, 2.75) is 32.1 Å². The molecule has 1 heterocycles. The van der Waals surface area contributed by atoms with Crippen LogP contribution in [0.5, 0.6) is 0 Å². The van der Waals surface area contributed by atoms with Crippen LogP contribution >= 0.6 is 0 Å². The Hall–Kier alpha value is -0.660. The van der Waals surface area contributed by atoms with Crippen molar-refractivity contribution in [2.75, 3.05) is 6.54 Å². The second-order valence-electron chi connectivity index (χ2n) is 2.73. The van der Waals surface area contributed by atoms with E-state index in [1.807, 2.05) is 6.21 Å². The lowest BCUT2D eigenvalue weighted by molar-refractivity contribution is 0.721. The highest BCUT2D eigenvalue weighted by Crippen LogP contribution is 2.04. The summed E-state index contributed by atoms with van der Waals surface area (Å²) in [4.78, 5) is 4.12. The van der Waals surface area contributed by atoms with Crippen molar-refractivity contribution < 1.29 is 0 Å². The maximum Gasteiger partial charge on any atom is 0.0761 e. The lowest BCUT2D eigenvalue weighted by atomic mass is 10.1. The van der Waals surface area contributed by atoms with E-state index in [1.54, 1.807) is 0 Å². The average Bonchev–Trinajstić information content (AvgIpc) is 2.02. The summed E-state index contributed by atoms with van der Waals surface area (Å²) in [5.74, 6) is 0. The van der Waals surface area contributed by atoms with Crippen LogP contribution in [0.2, 0.25) is 0 Å². The Morgan fingerprint density at radius 1 is 1.30 bits per heavy atom. The molecule has 2 heteroatoms. The van der Waals surface area contributed by atoms with Crippen LogP contribution in [-0.2, 0) is 0 Å². The maximum absolute atomic E-state index is 7.41. The predicted molar refractivity (Wildman–Crippen MR) is 44.2 cm³/mol. The van der Waals surface area contributed by atoms with Gasteiger partial charge in [-0.05, 0) is 31.9 Å². The van der Waals surface area contributed by atoms with Gasteiger partial charge < -0.3 is 5.41 Å². The van der Waals surface area contributed by atoms with Gasteiger partial charge in [-0.3, -0.25) is 4.99 Å². The molecule has 2 nitrogen and oxygen atoms in total. The molecule has 0 aromatic heterocycles. The number of nitrogens with one attached hydrogen (secondary N) is 1. The van der Waals surface area contributed by atoms with E-state index in [9.17, 15) is 0 Å². The fraction of sp³-hybridized carbons (Fsp3) is 0.750. The van der Waals surface area contributed by atoms with Crippen LogP contribution in [0.4, 0.5) is 0 Å². The Morgan fingerprint density at radius 3 is 3.10 bits per heavy atom. The minimum atomic E-state index is 0.639. The summed E-state index contributed by atoms with van der Waals surface area (Å²) in [5.41, 5.74) is 0.790. The first-order valence-corrected chi connectivity index (χ1v) is 3.94. The van der Waals surface area contributed by atoms with E-state index in [0.29, 0.717) is 6.54 Å². The van der Waals surface area contributed by atoms with Gasteiger partial charge >= 0.3 is 0 Å². The van der Waals surface area contributed by atoms with Crippen molar-refractivity contribution in [3.8, 4) is 0 Å². The summed E-state index contributed by atoms with van der Waals surface area (Å²) in [6, 6.07) is 0. The smallest absolute Gasteiger partial charge is 0.0761 e. The van der Waals surface area contributed by atoms with Crippen molar-refractivity contribution in [3.63, 3.8) is 0 Å². The van der Waals surface area contributed by atoms with E-state index >= 15 is 0 Å². The Labute approximate surface area is 61.9 Å². The zero-order chi connectivity index (χ0) is 7.23. The molecule has 1 aliphatic heterocycles. The number of rotatable bonds is 0. The molecule has 1 N–H and O–H groups in total. The molecular weight excluding hydrogens is 124 g/mol. The molecule has 0 aromatic carbocycles. The molecule has 0 spiro atoms. The highest BCUT2D eigenvalue weighted by Gasteiger charge is 1.97. The molecule has 0 aromatic rings. The Kier molecular flexibility index (Phi) is 3.13. The Bertz CT molecular complexity index is 138. The van der Waals surface area contributed by atoms with Gasteiger partial charge in [0, 0.05) is 5.71 Å². The van der Waals surface area contributed by atoms with Crippen molar-refractivity contribution in [3.05, 3.63) is 0 Å². The van der Waals surface area contributed by atoms with E-state index in [0.717, 1.165) is 18.6 Å². The minimum Gasteiger partial charge on any atom is -0.308 e. The van der Waals surface area contributed by atoms with Gasteiger partial charge in [-0.25, -0.2) is 0 Å². The van der Waals surface area contributed by atoms with Gasteiger partial charge in [-0.15, -0.1) is 0 Å². The summed E-state index contributed by atoms with van der Waals surface area (Å²) >= 11 is 0. The van der Waals surface area contributed by atoms with E-state index in [4.69, 9.17) is 5.41 Å². The summed E-state index contributed by atoms with van der Waals surface area (Å²) < 4.78 is 0. The lowest BCUT2D eigenvalue weighted by Crippen LogP contribution is -1.99. The molecule has 0 fully saturated rings. The normalized spacial score (nSPS) is 21.4. The van der Waals surface area contributed by atoms with Gasteiger partial charge in [0.1, 0.15) is 0 Å². The first kappa shape index (κ1) is 7.45. The molecule has 0 saturated carbocycles. The molecule has 1 rings (SSSR count). The monoisotopic (exact) mass is 138 g/mol. The standard InChI is InChI=1S/C8H14N2/c9-8-5-3-1-2-4-6-10-7-8/h6,9H,1-5,7H2. The first-order chi connectivity index (χ1) is 4.89. The van der Waals surface area contributed by atoms with Crippen LogP contribution in [-0.4, -0.2) is 18.5 Å². The quantitative estimate of drug-likeness (QED) is 0.532. The molecule has 0 atom stereocenters. The van der Waals surface area contributed by atoms with Gasteiger partial charge in [0.05, 0.1) is 6.54 Å². The average molecular weight is 138 g/mol. The van der Waals surface area contributed by atoms with Crippen molar-refractivity contribution >= 4 is 11.9 Å². The van der Waals surface area contributed by atoms with Crippen molar-refractivity contribution in [2.24, 2.45) is 4.99 Å². The molecular formula is C8H14N2. The summed E-state index contributed by atoms with van der Waals surface area (Å²) in [6.45, 7) is 0.639. The minimum absolute atomic E-state index is 0.639. The highest BCUT2D eigenvalue weighted by atomic mass is 14.7. The van der Waals surface area contributed by atoms with Gasteiger partial charge in [0.25, 0.3) is 0 Å². The fourth-order valence-electron chi connectivity index (χ4n) is 1.10. The Morgan fingerprint density at radius 2 is 2.20 bits per heavy atom. The van der Waals surface area contributed by atoms with Crippen molar-refractivity contribution in [1.82, 2.24) is 0 Å². The molecule has 0 saturated heterocycles. The third kappa shape index (κ3) is 2.76. The van der Waals surface area contributed by atoms with Crippen LogP contribution in [0.3, 0.4) is 0 Å². The Balaban J connectivity index is 2.33. The third-order valence-electron chi connectivity index (χ3n) is 1.72. The number of aliphatic imine (C=N–C) groups is 1. The molecule has 1 aliphatic rings. The topological polar surface area (TPSA) is 36.2 Å². The summed E-state index contributed by atoms with van der Waals surface area (Å²) in [7, 11) is 0.